The van der Waals surface area contributed by atoms with Gasteiger partial charge in [-0.3, -0.25) is 9.36 Å². The quantitative estimate of drug-likeness (QED) is 0.438. The van der Waals surface area contributed by atoms with Crippen LogP contribution >= 0.6 is 22.9 Å². The van der Waals surface area contributed by atoms with Crippen LogP contribution in [0.2, 0.25) is 5.02 Å². The summed E-state index contributed by atoms with van der Waals surface area (Å²) in [5.41, 5.74) is 1.34. The Balaban J connectivity index is 1.67. The fourth-order valence-corrected chi connectivity index (χ4v) is 4.54. The number of fused-ring (bicyclic) bond motifs is 4. The molecule has 0 aliphatic heterocycles. The summed E-state index contributed by atoms with van der Waals surface area (Å²) in [5.74, 6) is 0. The number of aromatic nitrogens is 2. The van der Waals surface area contributed by atoms with E-state index in [1.807, 2.05) is 48.5 Å². The summed E-state index contributed by atoms with van der Waals surface area (Å²) in [4.78, 5) is 18.2. The average Bonchev–Trinajstić information content (AvgIpc) is 3.17. The van der Waals surface area contributed by atoms with Gasteiger partial charge in [-0.2, -0.15) is 0 Å². The zero-order valence-electron chi connectivity index (χ0n) is 12.9. The Kier molecular flexibility index (Phi) is 3.20. The van der Waals surface area contributed by atoms with Crippen molar-refractivity contribution in [3.05, 3.63) is 75.1 Å². The second kappa shape index (κ2) is 5.44. The molecular weight excluding hydrogens is 356 g/mol. The molecular formula is C19H11ClN2O2S. The van der Waals surface area contributed by atoms with Crippen LogP contribution in [-0.4, -0.2) is 9.55 Å². The Bertz CT molecular complexity index is 1320. The number of halogens is 1. The molecule has 0 radical (unpaired) electrons. The molecule has 0 saturated heterocycles. The van der Waals surface area contributed by atoms with Crippen LogP contribution in [0.3, 0.4) is 0 Å². The molecule has 0 unspecified atom stereocenters. The number of rotatable bonds is 2. The van der Waals surface area contributed by atoms with Gasteiger partial charge in [-0.05, 0) is 18.2 Å². The van der Waals surface area contributed by atoms with E-state index in [2.05, 4.69) is 4.98 Å². The highest BCUT2D eigenvalue weighted by atomic mass is 35.5. The van der Waals surface area contributed by atoms with Crippen LogP contribution in [0.4, 0.5) is 0 Å². The van der Waals surface area contributed by atoms with Crippen LogP contribution < -0.4 is 5.56 Å². The van der Waals surface area contributed by atoms with Gasteiger partial charge in [0.2, 0.25) is 5.58 Å². The molecule has 0 N–H and O–H groups in total. The topological polar surface area (TPSA) is 48.0 Å². The molecule has 0 amide bonds. The Morgan fingerprint density at radius 3 is 2.68 bits per heavy atom. The van der Waals surface area contributed by atoms with Gasteiger partial charge in [-0.1, -0.05) is 41.9 Å². The Morgan fingerprint density at radius 1 is 1.08 bits per heavy atom. The zero-order chi connectivity index (χ0) is 17.0. The van der Waals surface area contributed by atoms with Crippen molar-refractivity contribution in [1.82, 2.24) is 9.55 Å². The van der Waals surface area contributed by atoms with Crippen LogP contribution in [0.1, 0.15) is 4.88 Å². The number of furan rings is 1. The van der Waals surface area contributed by atoms with E-state index in [0.29, 0.717) is 22.7 Å². The summed E-state index contributed by atoms with van der Waals surface area (Å²) in [6, 6.07) is 15.5. The summed E-state index contributed by atoms with van der Waals surface area (Å²) >= 11 is 8.08. The summed E-state index contributed by atoms with van der Waals surface area (Å²) in [5, 5.41) is 2.55. The third-order valence-corrected chi connectivity index (χ3v) is 5.97. The number of thiophene rings is 1. The van der Waals surface area contributed by atoms with E-state index >= 15 is 0 Å². The molecule has 5 aromatic rings. The Labute approximate surface area is 150 Å². The lowest BCUT2D eigenvalue weighted by Crippen LogP contribution is -2.20. The molecule has 4 nitrogen and oxygen atoms in total. The molecule has 5 rings (SSSR count). The van der Waals surface area contributed by atoms with E-state index in [1.165, 1.54) is 0 Å². The zero-order valence-corrected chi connectivity index (χ0v) is 14.5. The van der Waals surface area contributed by atoms with Gasteiger partial charge in [0, 0.05) is 20.3 Å². The molecule has 0 fully saturated rings. The fraction of sp³-hybridized carbons (Fsp3) is 0.0526. The summed E-state index contributed by atoms with van der Waals surface area (Å²) in [6.07, 6.45) is 1.56. The van der Waals surface area contributed by atoms with Gasteiger partial charge >= 0.3 is 0 Å². The van der Waals surface area contributed by atoms with E-state index in [0.717, 1.165) is 20.3 Å². The molecule has 3 aromatic heterocycles. The van der Waals surface area contributed by atoms with Crippen LogP contribution in [0.15, 0.2) is 64.1 Å². The number of hydrogen-bond acceptors (Lipinski definition) is 4. The highest BCUT2D eigenvalue weighted by molar-refractivity contribution is 7.19. The second-order valence-corrected chi connectivity index (χ2v) is 7.30. The minimum absolute atomic E-state index is 0.199. The predicted molar refractivity (Wildman–Crippen MR) is 102 cm³/mol. The van der Waals surface area contributed by atoms with Gasteiger partial charge < -0.3 is 4.42 Å². The first-order chi connectivity index (χ1) is 12.2. The van der Waals surface area contributed by atoms with Gasteiger partial charge in [0.05, 0.1) is 17.9 Å². The van der Waals surface area contributed by atoms with Crippen LogP contribution in [0.25, 0.3) is 32.2 Å². The lowest BCUT2D eigenvalue weighted by atomic mass is 10.2. The van der Waals surface area contributed by atoms with Crippen molar-refractivity contribution < 1.29 is 4.42 Å². The number of nitrogens with zero attached hydrogens (tertiary/aromatic N) is 2. The fourth-order valence-electron chi connectivity index (χ4n) is 3.05. The highest BCUT2D eigenvalue weighted by Crippen LogP contribution is 2.35. The van der Waals surface area contributed by atoms with Crippen molar-refractivity contribution in [2.45, 2.75) is 6.54 Å². The van der Waals surface area contributed by atoms with E-state index in [4.69, 9.17) is 16.0 Å². The Morgan fingerprint density at radius 2 is 1.84 bits per heavy atom. The molecule has 3 heterocycles. The lowest BCUT2D eigenvalue weighted by Gasteiger charge is -2.03. The van der Waals surface area contributed by atoms with Crippen molar-refractivity contribution >= 4 is 55.1 Å². The molecule has 25 heavy (non-hydrogen) atoms. The van der Waals surface area contributed by atoms with Crippen LogP contribution in [0.5, 0.6) is 0 Å². The third kappa shape index (κ3) is 2.20. The molecule has 0 bridgehead atoms. The predicted octanol–water partition coefficient (Wildman–Crippen LogP) is 5.06. The Hall–Kier alpha value is -2.63. The van der Waals surface area contributed by atoms with Gasteiger partial charge in [0.1, 0.15) is 11.1 Å². The van der Waals surface area contributed by atoms with E-state index < -0.39 is 0 Å². The molecule has 0 atom stereocenters. The van der Waals surface area contributed by atoms with Gasteiger partial charge in [0.15, 0.2) is 0 Å². The second-order valence-electron chi connectivity index (χ2n) is 5.79. The van der Waals surface area contributed by atoms with Crippen molar-refractivity contribution in [2.75, 3.05) is 0 Å². The molecule has 0 spiro atoms. The number of benzene rings is 2. The maximum absolute atomic E-state index is 12.8. The lowest BCUT2D eigenvalue weighted by molar-refractivity contribution is 0.644. The normalized spacial score (nSPS) is 11.7. The SMILES string of the molecule is O=c1c2oc3ccccc3c2ncn1Cc1sc2ccccc2c1Cl. The summed E-state index contributed by atoms with van der Waals surface area (Å²) < 4.78 is 8.37. The average molecular weight is 367 g/mol. The first-order valence-electron chi connectivity index (χ1n) is 7.75. The van der Waals surface area contributed by atoms with Crippen molar-refractivity contribution in [3.8, 4) is 0 Å². The third-order valence-electron chi connectivity index (χ3n) is 4.27. The maximum Gasteiger partial charge on any atom is 0.297 e. The molecule has 6 heteroatoms. The molecule has 0 aliphatic rings. The summed E-state index contributed by atoms with van der Waals surface area (Å²) in [6.45, 7) is 0.372. The maximum atomic E-state index is 12.8. The van der Waals surface area contributed by atoms with Crippen LogP contribution in [0, 0.1) is 0 Å². The van der Waals surface area contributed by atoms with E-state index in [9.17, 15) is 4.79 Å². The largest absolute Gasteiger partial charge is 0.448 e. The minimum Gasteiger partial charge on any atom is -0.448 e. The van der Waals surface area contributed by atoms with Crippen molar-refractivity contribution in [3.63, 3.8) is 0 Å². The standard InChI is InChI=1S/C19H11ClN2O2S/c20-16-12-6-2-4-8-14(12)25-15(16)9-22-10-21-17-11-5-1-3-7-13(11)24-18(17)19(22)23/h1-8,10H,9H2. The molecule has 2 aromatic carbocycles. The number of hydrogen-bond donors (Lipinski definition) is 0. The molecule has 122 valence electrons. The molecule has 0 aliphatic carbocycles. The van der Waals surface area contributed by atoms with Gasteiger partial charge in [-0.25, -0.2) is 4.98 Å². The van der Waals surface area contributed by atoms with Crippen molar-refractivity contribution in [1.29, 1.82) is 0 Å². The smallest absolute Gasteiger partial charge is 0.297 e. The minimum atomic E-state index is -0.199. The van der Waals surface area contributed by atoms with Gasteiger partial charge in [0.25, 0.3) is 5.56 Å². The van der Waals surface area contributed by atoms with E-state index in [-0.39, 0.29) is 11.1 Å². The summed E-state index contributed by atoms with van der Waals surface area (Å²) in [7, 11) is 0. The number of para-hydroxylation sites is 1. The van der Waals surface area contributed by atoms with Crippen LogP contribution in [-0.2, 0) is 6.54 Å². The highest BCUT2D eigenvalue weighted by Gasteiger charge is 2.15. The first kappa shape index (κ1) is 14.7. The first-order valence-corrected chi connectivity index (χ1v) is 8.94. The molecule has 0 saturated carbocycles. The van der Waals surface area contributed by atoms with Crippen molar-refractivity contribution in [2.24, 2.45) is 0 Å². The monoisotopic (exact) mass is 366 g/mol. The van der Waals surface area contributed by atoms with Gasteiger partial charge in [-0.15, -0.1) is 11.3 Å². The van der Waals surface area contributed by atoms with E-state index in [1.54, 1.807) is 22.2 Å².